The topological polar surface area (TPSA) is 99.6 Å². The number of hydrogen-bond donors (Lipinski definition) is 0. The van der Waals surface area contributed by atoms with E-state index in [1.807, 2.05) is 0 Å². The van der Waals surface area contributed by atoms with Gasteiger partial charge in [-0.25, -0.2) is 8.42 Å². The third-order valence-corrected chi connectivity index (χ3v) is 6.61. The predicted molar refractivity (Wildman–Crippen MR) is 111 cm³/mol. The molecule has 0 N–H and O–H groups in total. The van der Waals surface area contributed by atoms with Gasteiger partial charge >= 0.3 is 18.1 Å². The summed E-state index contributed by atoms with van der Waals surface area (Å²) in [6.07, 6.45) is -2.75. The van der Waals surface area contributed by atoms with Crippen molar-refractivity contribution in [2.45, 2.75) is 23.9 Å². The Morgan fingerprint density at radius 2 is 1.48 bits per heavy atom. The number of esters is 2. The number of benzene rings is 1. The van der Waals surface area contributed by atoms with Gasteiger partial charge in [0.05, 0.1) is 30.4 Å². The van der Waals surface area contributed by atoms with Crippen molar-refractivity contribution in [3.8, 4) is 0 Å². The van der Waals surface area contributed by atoms with Gasteiger partial charge < -0.3 is 9.47 Å². The van der Waals surface area contributed by atoms with Crippen LogP contribution in [0.15, 0.2) is 47.5 Å². The molecule has 1 aliphatic carbocycles. The van der Waals surface area contributed by atoms with E-state index < -0.39 is 38.9 Å². The molecule has 33 heavy (non-hydrogen) atoms. The number of allylic oxidation sites excluding steroid dienone is 2. The van der Waals surface area contributed by atoms with E-state index in [4.69, 9.17) is 9.47 Å². The van der Waals surface area contributed by atoms with E-state index in [1.165, 1.54) is 24.3 Å². The zero-order valence-corrected chi connectivity index (χ0v) is 18.7. The van der Waals surface area contributed by atoms with Crippen LogP contribution >= 0.6 is 0 Å². The Morgan fingerprint density at radius 3 is 1.91 bits per heavy atom. The van der Waals surface area contributed by atoms with Crippen LogP contribution < -0.4 is 0 Å². The number of sulfone groups is 1. The van der Waals surface area contributed by atoms with Crippen LogP contribution in [-0.2, 0) is 35.1 Å². The Hall–Kier alpha value is -3.21. The highest BCUT2D eigenvalue weighted by Gasteiger charge is 2.54. The molecule has 7 nitrogen and oxygen atoms in total. The van der Waals surface area contributed by atoms with E-state index in [0.29, 0.717) is 16.7 Å². The summed E-state index contributed by atoms with van der Waals surface area (Å²) in [6, 6.07) is 7.03. The molecule has 0 spiro atoms. The molecular formula is C22H20F3NO6S. The normalized spacial score (nSPS) is 15.9. The van der Waals surface area contributed by atoms with Gasteiger partial charge in [0.2, 0.25) is 0 Å². The third kappa shape index (κ3) is 4.63. The van der Waals surface area contributed by atoms with Crippen molar-refractivity contribution >= 4 is 32.9 Å². The fourth-order valence-corrected chi connectivity index (χ4v) is 4.36. The highest BCUT2D eigenvalue weighted by atomic mass is 32.2. The maximum absolute atomic E-state index is 13.0. The second-order valence-corrected chi connectivity index (χ2v) is 9.62. The average Bonchev–Trinajstić information content (AvgIpc) is 3.19. The zero-order chi connectivity index (χ0) is 24.6. The first-order valence-corrected chi connectivity index (χ1v) is 11.5. The standard InChI is InChI=1S/C22H20F3NO6S/c1-31-19(27)21(20(28)32-2)10-16(13-4-6-14(7-5-13)22(23,24)25)17(11-21)18-9-8-15(12-26-18)33(3,29)30/h4-9,12H,10-11H2,1-3H3. The number of ether oxygens (including phenoxy) is 2. The van der Waals surface area contributed by atoms with E-state index in [9.17, 15) is 31.2 Å². The van der Waals surface area contributed by atoms with Crippen molar-refractivity contribution in [3.05, 3.63) is 59.4 Å². The molecule has 0 atom stereocenters. The van der Waals surface area contributed by atoms with Gasteiger partial charge in [0.25, 0.3) is 0 Å². The van der Waals surface area contributed by atoms with Crippen LogP contribution in [-0.4, -0.2) is 45.8 Å². The first-order valence-electron chi connectivity index (χ1n) is 9.56. The van der Waals surface area contributed by atoms with Gasteiger partial charge in [0, 0.05) is 25.3 Å². The second kappa shape index (κ2) is 8.62. The molecule has 0 fully saturated rings. The van der Waals surface area contributed by atoms with Crippen molar-refractivity contribution < 1.29 is 40.7 Å². The summed E-state index contributed by atoms with van der Waals surface area (Å²) in [5, 5.41) is 0. The molecule has 2 aromatic rings. The first-order chi connectivity index (χ1) is 15.3. The van der Waals surface area contributed by atoms with Crippen LogP contribution in [0.4, 0.5) is 13.2 Å². The molecule has 3 rings (SSSR count). The Labute approximate surface area is 188 Å². The van der Waals surface area contributed by atoms with Crippen molar-refractivity contribution in [1.29, 1.82) is 0 Å². The third-order valence-electron chi connectivity index (χ3n) is 5.51. The molecule has 0 unspecified atom stereocenters. The van der Waals surface area contributed by atoms with Gasteiger partial charge in [-0.3, -0.25) is 14.6 Å². The van der Waals surface area contributed by atoms with Crippen molar-refractivity contribution in [2.24, 2.45) is 5.41 Å². The van der Waals surface area contributed by atoms with Crippen molar-refractivity contribution in [1.82, 2.24) is 4.98 Å². The Balaban J connectivity index is 2.17. The van der Waals surface area contributed by atoms with E-state index >= 15 is 0 Å². The number of carbonyl (C=O) groups excluding carboxylic acids is 2. The van der Waals surface area contributed by atoms with Crippen molar-refractivity contribution in [3.63, 3.8) is 0 Å². The lowest BCUT2D eigenvalue weighted by molar-refractivity contribution is -0.168. The van der Waals surface area contributed by atoms with Crippen molar-refractivity contribution in [2.75, 3.05) is 20.5 Å². The second-order valence-electron chi connectivity index (χ2n) is 7.60. The monoisotopic (exact) mass is 483 g/mol. The maximum atomic E-state index is 13.0. The van der Waals surface area contributed by atoms with Gasteiger partial charge in [-0.2, -0.15) is 13.2 Å². The maximum Gasteiger partial charge on any atom is 0.416 e. The summed E-state index contributed by atoms with van der Waals surface area (Å²) in [5.74, 6) is -1.72. The summed E-state index contributed by atoms with van der Waals surface area (Å²) >= 11 is 0. The lowest BCUT2D eigenvalue weighted by atomic mass is 9.83. The molecular weight excluding hydrogens is 463 g/mol. The van der Waals surface area contributed by atoms with Gasteiger partial charge in [-0.1, -0.05) is 12.1 Å². The van der Waals surface area contributed by atoms with Gasteiger partial charge in [-0.05, 0) is 41.0 Å². The van der Waals surface area contributed by atoms with Crippen LogP contribution in [0, 0.1) is 5.41 Å². The smallest absolute Gasteiger partial charge is 0.416 e. The predicted octanol–water partition coefficient (Wildman–Crippen LogP) is 3.54. The van der Waals surface area contributed by atoms with E-state index in [2.05, 4.69) is 4.98 Å². The number of aromatic nitrogens is 1. The fourth-order valence-electron chi connectivity index (χ4n) is 3.80. The van der Waals surface area contributed by atoms with Crippen LogP contribution in [0.5, 0.6) is 0 Å². The van der Waals surface area contributed by atoms with Crippen LogP contribution in [0.3, 0.4) is 0 Å². The molecule has 1 aliphatic rings. The Bertz CT molecular complexity index is 1200. The number of methoxy groups -OCH3 is 2. The SMILES string of the molecule is COC(=O)C1(C(=O)OC)CC(c2ccc(C(F)(F)F)cc2)=C(c2ccc(S(C)(=O)=O)cn2)C1. The fraction of sp³-hybridized carbons (Fsp3) is 0.318. The molecule has 1 heterocycles. The minimum absolute atomic E-state index is 0.0341. The van der Waals surface area contributed by atoms with Gasteiger partial charge in [0.15, 0.2) is 15.3 Å². The molecule has 0 radical (unpaired) electrons. The van der Waals surface area contributed by atoms with Crippen LogP contribution in [0.2, 0.25) is 0 Å². The number of rotatable bonds is 5. The molecule has 176 valence electrons. The van der Waals surface area contributed by atoms with Crippen LogP contribution in [0.25, 0.3) is 11.1 Å². The zero-order valence-electron chi connectivity index (χ0n) is 17.9. The van der Waals surface area contributed by atoms with E-state index in [-0.39, 0.29) is 23.4 Å². The minimum atomic E-state index is -4.53. The minimum Gasteiger partial charge on any atom is -0.468 e. The molecule has 0 aliphatic heterocycles. The van der Waals surface area contributed by atoms with E-state index in [1.54, 1.807) is 0 Å². The summed E-state index contributed by atoms with van der Waals surface area (Å²) in [7, 11) is -1.29. The number of pyridine rings is 1. The van der Waals surface area contributed by atoms with Crippen LogP contribution in [0.1, 0.15) is 29.7 Å². The van der Waals surface area contributed by atoms with Gasteiger partial charge in [0.1, 0.15) is 0 Å². The number of halogens is 3. The molecule has 0 saturated carbocycles. The number of hydrogen-bond acceptors (Lipinski definition) is 7. The molecule has 1 aromatic heterocycles. The average molecular weight is 483 g/mol. The molecule has 1 aromatic carbocycles. The summed E-state index contributed by atoms with van der Waals surface area (Å²) in [4.78, 5) is 29.5. The highest BCUT2D eigenvalue weighted by molar-refractivity contribution is 7.90. The molecule has 11 heteroatoms. The largest absolute Gasteiger partial charge is 0.468 e. The van der Waals surface area contributed by atoms with E-state index in [0.717, 1.165) is 38.8 Å². The first kappa shape index (κ1) is 24.4. The Kier molecular flexibility index (Phi) is 6.38. The molecule has 0 bridgehead atoms. The highest BCUT2D eigenvalue weighted by Crippen LogP contribution is 2.51. The molecule has 0 amide bonds. The summed E-state index contributed by atoms with van der Waals surface area (Å²) < 4.78 is 72.2. The number of alkyl halides is 3. The Morgan fingerprint density at radius 1 is 0.939 bits per heavy atom. The molecule has 0 saturated heterocycles. The lowest BCUT2D eigenvalue weighted by Gasteiger charge is -2.23. The summed E-state index contributed by atoms with van der Waals surface area (Å²) in [5.41, 5.74) is -1.19. The summed E-state index contributed by atoms with van der Waals surface area (Å²) in [6.45, 7) is 0. The van der Waals surface area contributed by atoms with Gasteiger partial charge in [-0.15, -0.1) is 0 Å². The quantitative estimate of drug-likeness (QED) is 0.474. The number of carbonyl (C=O) groups is 2. The lowest BCUT2D eigenvalue weighted by Crippen LogP contribution is -2.39. The number of nitrogens with zero attached hydrogens (tertiary/aromatic N) is 1.